The molecule has 0 aromatic heterocycles. The number of nitrogen functional groups attached to an aromatic ring is 1. The van der Waals surface area contributed by atoms with Gasteiger partial charge in [0.1, 0.15) is 4.90 Å². The summed E-state index contributed by atoms with van der Waals surface area (Å²) < 4.78 is 26.8. The largest absolute Gasteiger partial charge is 0.399 e. The van der Waals surface area contributed by atoms with Gasteiger partial charge in [0.25, 0.3) is 0 Å². The molecule has 0 heterocycles. The topological polar surface area (TPSA) is 72.2 Å². The molecular formula is C8H10Br2N2O2S. The molecule has 7 heteroatoms. The summed E-state index contributed by atoms with van der Waals surface area (Å²) in [6.45, 7) is 2.06. The molecular weight excluding hydrogens is 348 g/mol. The summed E-state index contributed by atoms with van der Waals surface area (Å²) >= 11 is 6.35. The van der Waals surface area contributed by atoms with Crippen molar-refractivity contribution in [3.8, 4) is 0 Å². The summed E-state index contributed by atoms with van der Waals surface area (Å²) in [7, 11) is -3.49. The van der Waals surface area contributed by atoms with Gasteiger partial charge in [-0.2, -0.15) is 0 Å². The van der Waals surface area contributed by atoms with Crippen LogP contribution >= 0.6 is 31.9 Å². The van der Waals surface area contributed by atoms with Crippen molar-refractivity contribution in [2.75, 3.05) is 12.3 Å². The monoisotopic (exact) mass is 356 g/mol. The van der Waals surface area contributed by atoms with Crippen LogP contribution in [0.3, 0.4) is 0 Å². The van der Waals surface area contributed by atoms with Gasteiger partial charge in [-0.05, 0) is 44.0 Å². The van der Waals surface area contributed by atoms with Crippen LogP contribution in [0.4, 0.5) is 5.69 Å². The third-order valence-corrected chi connectivity index (χ3v) is 5.05. The maximum Gasteiger partial charge on any atom is 0.242 e. The number of anilines is 1. The predicted octanol–water partition coefficient (Wildman–Crippen LogP) is 2.09. The van der Waals surface area contributed by atoms with Gasteiger partial charge in [-0.1, -0.05) is 6.92 Å². The molecule has 0 saturated heterocycles. The van der Waals surface area contributed by atoms with Gasteiger partial charge in [-0.15, -0.1) is 0 Å². The Morgan fingerprint density at radius 3 is 2.20 bits per heavy atom. The summed E-state index contributed by atoms with van der Waals surface area (Å²) in [4.78, 5) is 0.165. The molecule has 0 radical (unpaired) electrons. The van der Waals surface area contributed by atoms with Crippen LogP contribution < -0.4 is 10.5 Å². The first-order chi connectivity index (χ1) is 6.88. The Hall–Kier alpha value is -0.110. The third-order valence-electron chi connectivity index (χ3n) is 1.62. The fraction of sp³-hybridized carbons (Fsp3) is 0.250. The van der Waals surface area contributed by atoms with Crippen LogP contribution in [0.25, 0.3) is 0 Å². The van der Waals surface area contributed by atoms with Crippen LogP contribution in [0.5, 0.6) is 0 Å². The van der Waals surface area contributed by atoms with Crippen molar-refractivity contribution in [2.45, 2.75) is 11.8 Å². The number of hydrogen-bond donors (Lipinski definition) is 2. The van der Waals surface area contributed by atoms with Crippen LogP contribution in [-0.2, 0) is 10.0 Å². The van der Waals surface area contributed by atoms with Gasteiger partial charge in [-0.3, -0.25) is 0 Å². The van der Waals surface area contributed by atoms with E-state index in [1.165, 1.54) is 0 Å². The fourth-order valence-corrected chi connectivity index (χ4v) is 4.75. The van der Waals surface area contributed by atoms with Gasteiger partial charge >= 0.3 is 0 Å². The van der Waals surface area contributed by atoms with E-state index in [-0.39, 0.29) is 4.90 Å². The zero-order chi connectivity index (χ0) is 11.6. The van der Waals surface area contributed by atoms with E-state index in [2.05, 4.69) is 36.6 Å². The molecule has 1 rings (SSSR count). The Balaban J connectivity index is 3.38. The summed E-state index contributed by atoms with van der Waals surface area (Å²) in [6.07, 6.45) is 0. The number of halogens is 2. The van der Waals surface area contributed by atoms with E-state index in [0.29, 0.717) is 21.2 Å². The lowest BCUT2D eigenvalue weighted by Crippen LogP contribution is -2.24. The van der Waals surface area contributed by atoms with Gasteiger partial charge in [0.05, 0.1) is 0 Å². The highest BCUT2D eigenvalue weighted by atomic mass is 79.9. The second-order valence-corrected chi connectivity index (χ2v) is 6.23. The molecule has 0 aliphatic rings. The molecule has 0 saturated carbocycles. The minimum absolute atomic E-state index is 0.165. The SMILES string of the molecule is CCNS(=O)(=O)c1c(Br)cc(N)cc1Br. The summed E-state index contributed by atoms with van der Waals surface area (Å²) in [5.41, 5.74) is 6.06. The minimum atomic E-state index is -3.49. The van der Waals surface area contributed by atoms with Crippen molar-refractivity contribution in [3.05, 3.63) is 21.1 Å². The Kier molecular flexibility index (Phi) is 4.16. The van der Waals surface area contributed by atoms with Crippen molar-refractivity contribution in [2.24, 2.45) is 0 Å². The number of sulfonamides is 1. The van der Waals surface area contributed by atoms with E-state index < -0.39 is 10.0 Å². The molecule has 84 valence electrons. The molecule has 4 nitrogen and oxygen atoms in total. The number of rotatable bonds is 3. The third kappa shape index (κ3) is 2.93. The number of nitrogens with one attached hydrogen (secondary N) is 1. The molecule has 1 aromatic rings. The molecule has 0 aliphatic carbocycles. The average molecular weight is 358 g/mol. The lowest BCUT2D eigenvalue weighted by Gasteiger charge is -2.09. The standard InChI is InChI=1S/C8H10Br2N2O2S/c1-2-12-15(13,14)8-6(9)3-5(11)4-7(8)10/h3-4,12H,2,11H2,1H3. The van der Waals surface area contributed by atoms with Crippen LogP contribution in [0, 0.1) is 0 Å². The highest BCUT2D eigenvalue weighted by Gasteiger charge is 2.20. The first-order valence-corrected chi connectivity index (χ1v) is 7.19. The van der Waals surface area contributed by atoms with Crippen LogP contribution in [0.1, 0.15) is 6.92 Å². The summed E-state index contributed by atoms with van der Waals surface area (Å²) in [5.74, 6) is 0. The number of nitrogens with two attached hydrogens (primary N) is 1. The second kappa shape index (κ2) is 4.82. The molecule has 0 spiro atoms. The fourth-order valence-electron chi connectivity index (χ4n) is 1.10. The van der Waals surface area contributed by atoms with Crippen molar-refractivity contribution in [3.63, 3.8) is 0 Å². The van der Waals surface area contributed by atoms with E-state index in [1.807, 2.05) is 0 Å². The van der Waals surface area contributed by atoms with Crippen molar-refractivity contribution in [1.29, 1.82) is 0 Å². The maximum atomic E-state index is 11.8. The smallest absolute Gasteiger partial charge is 0.242 e. The van der Waals surface area contributed by atoms with Gasteiger partial charge in [-0.25, -0.2) is 13.1 Å². The van der Waals surface area contributed by atoms with Gasteiger partial charge in [0.2, 0.25) is 10.0 Å². The Morgan fingerprint density at radius 2 is 1.80 bits per heavy atom. The van der Waals surface area contributed by atoms with Crippen LogP contribution in [0.15, 0.2) is 26.0 Å². The molecule has 0 aliphatic heterocycles. The number of hydrogen-bond acceptors (Lipinski definition) is 3. The molecule has 0 amide bonds. The van der Waals surface area contributed by atoms with Crippen molar-refractivity contribution in [1.82, 2.24) is 4.72 Å². The zero-order valence-corrected chi connectivity index (χ0v) is 11.9. The lowest BCUT2D eigenvalue weighted by atomic mass is 10.3. The van der Waals surface area contributed by atoms with E-state index in [9.17, 15) is 8.42 Å². The van der Waals surface area contributed by atoms with Gasteiger partial charge < -0.3 is 5.73 Å². The molecule has 0 unspecified atom stereocenters. The molecule has 0 fully saturated rings. The Bertz CT molecular complexity index is 451. The molecule has 0 bridgehead atoms. The average Bonchev–Trinajstić information content (AvgIpc) is 1.99. The molecule has 3 N–H and O–H groups in total. The first-order valence-electron chi connectivity index (χ1n) is 4.12. The molecule has 15 heavy (non-hydrogen) atoms. The van der Waals surface area contributed by atoms with Crippen molar-refractivity contribution >= 4 is 47.6 Å². The quantitative estimate of drug-likeness (QED) is 0.813. The Morgan fingerprint density at radius 1 is 1.33 bits per heavy atom. The highest BCUT2D eigenvalue weighted by Crippen LogP contribution is 2.32. The van der Waals surface area contributed by atoms with Crippen LogP contribution in [-0.4, -0.2) is 15.0 Å². The molecule has 1 aromatic carbocycles. The summed E-state index contributed by atoms with van der Waals surface area (Å²) in [6, 6.07) is 3.10. The highest BCUT2D eigenvalue weighted by molar-refractivity contribution is 9.11. The van der Waals surface area contributed by atoms with E-state index >= 15 is 0 Å². The molecule has 0 atom stereocenters. The lowest BCUT2D eigenvalue weighted by molar-refractivity contribution is 0.583. The van der Waals surface area contributed by atoms with Gasteiger partial charge in [0, 0.05) is 21.2 Å². The maximum absolute atomic E-state index is 11.8. The second-order valence-electron chi connectivity index (χ2n) is 2.82. The predicted molar refractivity (Wildman–Crippen MR) is 67.1 cm³/mol. The number of benzene rings is 1. The van der Waals surface area contributed by atoms with E-state index in [0.717, 1.165) is 0 Å². The van der Waals surface area contributed by atoms with E-state index in [4.69, 9.17) is 5.73 Å². The van der Waals surface area contributed by atoms with Crippen LogP contribution in [0.2, 0.25) is 0 Å². The first kappa shape index (κ1) is 13.0. The van der Waals surface area contributed by atoms with Crippen molar-refractivity contribution < 1.29 is 8.42 Å². The Labute approximate surface area is 106 Å². The summed E-state index contributed by atoms with van der Waals surface area (Å²) in [5, 5.41) is 0. The normalized spacial score (nSPS) is 11.7. The zero-order valence-electron chi connectivity index (χ0n) is 7.92. The van der Waals surface area contributed by atoms with Gasteiger partial charge in [0.15, 0.2) is 0 Å². The van der Waals surface area contributed by atoms with E-state index in [1.54, 1.807) is 19.1 Å². The minimum Gasteiger partial charge on any atom is -0.399 e.